The molecule has 6 heteroatoms. The number of anilines is 2. The summed E-state index contributed by atoms with van der Waals surface area (Å²) < 4.78 is 0. The maximum atomic E-state index is 11.4. The van der Waals surface area contributed by atoms with E-state index in [0.29, 0.717) is 11.0 Å². The van der Waals surface area contributed by atoms with Crippen LogP contribution in [0.5, 0.6) is 0 Å². The van der Waals surface area contributed by atoms with Crippen LogP contribution in [0.3, 0.4) is 0 Å². The van der Waals surface area contributed by atoms with Crippen LogP contribution >= 0.6 is 11.6 Å². The summed E-state index contributed by atoms with van der Waals surface area (Å²) in [5, 5.41) is 9.68. The highest BCUT2D eigenvalue weighted by Gasteiger charge is 2.36. The van der Waals surface area contributed by atoms with Gasteiger partial charge in [0.25, 0.3) is 0 Å². The zero-order valence-electron chi connectivity index (χ0n) is 9.14. The van der Waals surface area contributed by atoms with Gasteiger partial charge in [-0.15, -0.1) is 0 Å². The van der Waals surface area contributed by atoms with Crippen LogP contribution in [0.25, 0.3) is 0 Å². The van der Waals surface area contributed by atoms with E-state index in [1.54, 1.807) is 6.07 Å². The van der Waals surface area contributed by atoms with Crippen LogP contribution in [-0.4, -0.2) is 35.3 Å². The first kappa shape index (κ1) is 10.7. The average molecular weight is 254 g/mol. The number of nitrogens with zero attached hydrogens (tertiary/aromatic N) is 3. The van der Waals surface area contributed by atoms with E-state index in [0.717, 1.165) is 31.6 Å². The Morgan fingerprint density at radius 3 is 2.76 bits per heavy atom. The van der Waals surface area contributed by atoms with Crippen LogP contribution in [-0.2, 0) is 0 Å². The van der Waals surface area contributed by atoms with Gasteiger partial charge in [0.05, 0.1) is 5.69 Å². The molecule has 0 saturated carbocycles. The molecule has 1 amide bonds. The Morgan fingerprint density at radius 2 is 2.12 bits per heavy atom. The molecule has 0 unspecified atom stereocenters. The van der Waals surface area contributed by atoms with Crippen molar-refractivity contribution < 1.29 is 9.90 Å². The lowest BCUT2D eigenvalue weighted by molar-refractivity contribution is 0.197. The largest absolute Gasteiger partial charge is 0.465 e. The van der Waals surface area contributed by atoms with Crippen LogP contribution in [0.15, 0.2) is 12.1 Å². The summed E-state index contributed by atoms with van der Waals surface area (Å²) in [5.74, 6) is 0.477. The Bertz CT molecular complexity index is 472. The highest BCUT2D eigenvalue weighted by molar-refractivity contribution is 6.29. The number of rotatable bonds is 0. The number of carbonyl (C=O) groups is 1. The molecule has 1 N–H and O–H groups in total. The van der Waals surface area contributed by atoms with Gasteiger partial charge in [-0.25, -0.2) is 9.78 Å². The van der Waals surface area contributed by atoms with Gasteiger partial charge in [0.1, 0.15) is 5.15 Å². The van der Waals surface area contributed by atoms with E-state index in [1.807, 2.05) is 6.07 Å². The topological polar surface area (TPSA) is 56.7 Å². The molecule has 1 saturated heterocycles. The van der Waals surface area contributed by atoms with Crippen molar-refractivity contribution in [1.29, 1.82) is 0 Å². The number of piperidine rings is 1. The lowest BCUT2D eigenvalue weighted by atomic mass is 10.1. The monoisotopic (exact) mass is 253 g/mol. The van der Waals surface area contributed by atoms with Crippen LogP contribution in [0.4, 0.5) is 16.3 Å². The van der Waals surface area contributed by atoms with Crippen molar-refractivity contribution in [3.63, 3.8) is 0 Å². The van der Waals surface area contributed by atoms with Crippen molar-refractivity contribution in [2.75, 3.05) is 22.9 Å². The number of hydrogen-bond donors (Lipinski definition) is 1. The van der Waals surface area contributed by atoms with Gasteiger partial charge in [-0.05, 0) is 25.0 Å². The molecular formula is C11H12ClN3O2. The van der Waals surface area contributed by atoms with Gasteiger partial charge >= 0.3 is 6.09 Å². The molecule has 17 heavy (non-hydrogen) atoms. The number of amides is 1. The lowest BCUT2D eigenvalue weighted by Gasteiger charge is -2.30. The van der Waals surface area contributed by atoms with E-state index < -0.39 is 6.09 Å². The second-order valence-electron chi connectivity index (χ2n) is 4.35. The number of hydrogen-bond acceptors (Lipinski definition) is 3. The predicted molar refractivity (Wildman–Crippen MR) is 65.0 cm³/mol. The molecule has 90 valence electrons. The molecule has 2 bridgehead atoms. The third-order valence-electron chi connectivity index (χ3n) is 3.43. The smallest absolute Gasteiger partial charge is 0.413 e. The molecule has 3 aliphatic rings. The first-order valence-corrected chi connectivity index (χ1v) is 5.98. The van der Waals surface area contributed by atoms with Crippen LogP contribution < -0.4 is 9.80 Å². The summed E-state index contributed by atoms with van der Waals surface area (Å²) in [7, 11) is 0. The third-order valence-corrected chi connectivity index (χ3v) is 3.64. The second-order valence-corrected chi connectivity index (χ2v) is 4.73. The number of halogens is 1. The Balaban J connectivity index is 2.18. The van der Waals surface area contributed by atoms with Gasteiger partial charge in [-0.3, -0.25) is 4.90 Å². The average Bonchev–Trinajstić information content (AvgIpc) is 2.53. The van der Waals surface area contributed by atoms with Gasteiger partial charge in [0.2, 0.25) is 0 Å². The van der Waals surface area contributed by atoms with Gasteiger partial charge < -0.3 is 10.0 Å². The van der Waals surface area contributed by atoms with E-state index in [9.17, 15) is 9.90 Å². The fourth-order valence-electron chi connectivity index (χ4n) is 2.63. The summed E-state index contributed by atoms with van der Waals surface area (Å²) >= 11 is 5.87. The normalized spacial score (nSPS) is 19.1. The fourth-order valence-corrected chi connectivity index (χ4v) is 2.77. The number of pyridine rings is 1. The molecule has 0 aromatic carbocycles. The molecule has 4 rings (SSSR count). The maximum absolute atomic E-state index is 11.4. The van der Waals surface area contributed by atoms with Crippen molar-refractivity contribution in [1.82, 2.24) is 4.98 Å². The summed E-state index contributed by atoms with van der Waals surface area (Å²) in [4.78, 5) is 19.1. The molecule has 5 nitrogen and oxygen atoms in total. The lowest BCUT2D eigenvalue weighted by Crippen LogP contribution is -2.43. The fraction of sp³-hybridized carbons (Fsp3) is 0.455. The predicted octanol–water partition coefficient (Wildman–Crippen LogP) is 2.20. The summed E-state index contributed by atoms with van der Waals surface area (Å²) in [6.07, 6.45) is 0.746. The number of fused-ring (bicyclic) bond motifs is 2. The summed E-state index contributed by atoms with van der Waals surface area (Å²) in [6.45, 7) is 1.76. The molecule has 1 aromatic heterocycles. The molecule has 0 aliphatic carbocycles. The van der Waals surface area contributed by atoms with Crippen molar-refractivity contribution in [2.24, 2.45) is 0 Å². The minimum Gasteiger partial charge on any atom is -0.465 e. The van der Waals surface area contributed by atoms with Crippen molar-refractivity contribution in [2.45, 2.75) is 18.9 Å². The minimum atomic E-state index is -0.949. The van der Waals surface area contributed by atoms with Gasteiger partial charge in [0.15, 0.2) is 5.82 Å². The van der Waals surface area contributed by atoms with Crippen molar-refractivity contribution in [3.8, 4) is 0 Å². The third kappa shape index (κ3) is 1.61. The minimum absolute atomic E-state index is 0.0240. The van der Waals surface area contributed by atoms with Gasteiger partial charge in [-0.1, -0.05) is 11.6 Å². The van der Waals surface area contributed by atoms with Gasteiger partial charge in [0, 0.05) is 19.1 Å². The molecule has 1 fully saturated rings. The first-order chi connectivity index (χ1) is 8.16. The summed E-state index contributed by atoms with van der Waals surface area (Å²) in [6, 6.07) is 3.59. The van der Waals surface area contributed by atoms with E-state index in [1.165, 1.54) is 4.90 Å². The molecule has 0 atom stereocenters. The zero-order chi connectivity index (χ0) is 12.0. The standard InChI is InChI=1S/C11H12ClN3O2/c12-9-2-1-8-10(13-9)15(11(16)17)7-3-5-14(8)6-4-7/h1-2,7H,3-6H2,(H,16,17). The molecular weight excluding hydrogens is 242 g/mol. The van der Waals surface area contributed by atoms with Crippen LogP contribution in [0, 0.1) is 0 Å². The van der Waals surface area contributed by atoms with Crippen molar-refractivity contribution in [3.05, 3.63) is 17.3 Å². The van der Waals surface area contributed by atoms with E-state index in [-0.39, 0.29) is 6.04 Å². The maximum Gasteiger partial charge on any atom is 0.413 e. The Morgan fingerprint density at radius 1 is 1.41 bits per heavy atom. The number of aromatic nitrogens is 1. The molecule has 0 radical (unpaired) electrons. The molecule has 4 heterocycles. The highest BCUT2D eigenvalue weighted by atomic mass is 35.5. The van der Waals surface area contributed by atoms with Crippen LogP contribution in [0.2, 0.25) is 5.15 Å². The first-order valence-electron chi connectivity index (χ1n) is 5.60. The summed E-state index contributed by atoms with van der Waals surface area (Å²) in [5.41, 5.74) is 0.872. The zero-order valence-corrected chi connectivity index (χ0v) is 9.89. The Labute approximate surface area is 104 Å². The highest BCUT2D eigenvalue weighted by Crippen LogP contribution is 2.38. The molecule has 3 aliphatic heterocycles. The second kappa shape index (κ2) is 3.77. The Hall–Kier alpha value is -1.49. The molecule has 1 aromatic rings. The Kier molecular flexibility index (Phi) is 2.36. The van der Waals surface area contributed by atoms with Gasteiger partial charge in [-0.2, -0.15) is 0 Å². The van der Waals surface area contributed by atoms with E-state index in [2.05, 4.69) is 9.88 Å². The van der Waals surface area contributed by atoms with E-state index >= 15 is 0 Å². The quantitative estimate of drug-likeness (QED) is 0.720. The van der Waals surface area contributed by atoms with Crippen LogP contribution in [0.1, 0.15) is 12.8 Å². The number of carboxylic acid groups (broad SMARTS) is 1. The van der Waals surface area contributed by atoms with E-state index in [4.69, 9.17) is 11.6 Å². The van der Waals surface area contributed by atoms with Crippen molar-refractivity contribution >= 4 is 29.2 Å². The SMILES string of the molecule is O=C(O)N1c2nc(Cl)ccc2N2CCC1CC2. The molecule has 0 spiro atoms.